The van der Waals surface area contributed by atoms with Gasteiger partial charge in [-0.3, -0.25) is 9.59 Å². The summed E-state index contributed by atoms with van der Waals surface area (Å²) in [5.41, 5.74) is 2.52. The molecule has 8 heteroatoms. The summed E-state index contributed by atoms with van der Waals surface area (Å²) < 4.78 is 11.4. The quantitative estimate of drug-likeness (QED) is 0.398. The Hall–Kier alpha value is -3.78. The van der Waals surface area contributed by atoms with Crippen molar-refractivity contribution in [3.63, 3.8) is 0 Å². The van der Waals surface area contributed by atoms with Crippen molar-refractivity contribution in [3.8, 4) is 11.5 Å². The Bertz CT molecular complexity index is 1280. The molecule has 4 aromatic rings. The second-order valence-corrected chi connectivity index (χ2v) is 8.72. The molecule has 0 fully saturated rings. The van der Waals surface area contributed by atoms with Crippen LogP contribution < -0.4 is 20.1 Å². The predicted molar refractivity (Wildman–Crippen MR) is 128 cm³/mol. The summed E-state index contributed by atoms with van der Waals surface area (Å²) in [6.45, 7) is 1.16. The van der Waals surface area contributed by atoms with Gasteiger partial charge in [0.25, 0.3) is 5.91 Å². The van der Waals surface area contributed by atoms with Gasteiger partial charge in [0.2, 0.25) is 5.91 Å². The summed E-state index contributed by atoms with van der Waals surface area (Å²) in [4.78, 5) is 29.9. The van der Waals surface area contributed by atoms with Crippen molar-refractivity contribution in [2.75, 3.05) is 18.5 Å². The van der Waals surface area contributed by atoms with Gasteiger partial charge in [-0.2, -0.15) is 0 Å². The van der Waals surface area contributed by atoms with Gasteiger partial charge in [-0.1, -0.05) is 24.3 Å². The second-order valence-electron chi connectivity index (χ2n) is 7.77. The van der Waals surface area contributed by atoms with Gasteiger partial charge >= 0.3 is 0 Å². The molecule has 1 atom stereocenters. The predicted octanol–water partition coefficient (Wildman–Crippen LogP) is 4.37. The number of fused-ring (bicyclic) bond motifs is 2. The smallest absolute Gasteiger partial charge is 0.262 e. The van der Waals surface area contributed by atoms with Gasteiger partial charge in [-0.05, 0) is 35.2 Å². The summed E-state index contributed by atoms with van der Waals surface area (Å²) in [7, 11) is 0. The third-order valence-electron chi connectivity index (χ3n) is 5.48. The topological polar surface area (TPSA) is 92.5 Å². The summed E-state index contributed by atoms with van der Waals surface area (Å²) in [6, 6.07) is 16.0. The van der Waals surface area contributed by atoms with Crippen LogP contribution >= 0.6 is 11.3 Å². The van der Waals surface area contributed by atoms with Crippen LogP contribution in [-0.2, 0) is 11.2 Å². The van der Waals surface area contributed by atoms with Crippen molar-refractivity contribution in [2.45, 2.75) is 18.9 Å². The van der Waals surface area contributed by atoms with E-state index in [-0.39, 0.29) is 11.8 Å². The Labute approximate surface area is 194 Å². The van der Waals surface area contributed by atoms with Crippen LogP contribution in [0.3, 0.4) is 0 Å². The van der Waals surface area contributed by atoms with Gasteiger partial charge in [-0.25, -0.2) is 0 Å². The van der Waals surface area contributed by atoms with E-state index in [9.17, 15) is 9.59 Å². The first kappa shape index (κ1) is 21.1. The number of hydrogen-bond acceptors (Lipinski definition) is 5. The molecule has 168 valence electrons. The van der Waals surface area contributed by atoms with Crippen LogP contribution in [-0.4, -0.2) is 36.1 Å². The minimum atomic E-state index is -0.769. The van der Waals surface area contributed by atoms with Crippen molar-refractivity contribution in [3.05, 3.63) is 76.6 Å². The van der Waals surface area contributed by atoms with E-state index < -0.39 is 6.04 Å². The van der Waals surface area contributed by atoms with Crippen LogP contribution in [0.1, 0.15) is 21.7 Å². The van der Waals surface area contributed by atoms with E-state index >= 15 is 0 Å². The van der Waals surface area contributed by atoms with Crippen molar-refractivity contribution in [1.82, 2.24) is 10.3 Å². The lowest BCUT2D eigenvalue weighted by Gasteiger charge is -2.19. The van der Waals surface area contributed by atoms with Crippen molar-refractivity contribution < 1.29 is 19.1 Å². The Kier molecular flexibility index (Phi) is 5.99. The number of carbonyl (C=O) groups is 2. The van der Waals surface area contributed by atoms with E-state index in [1.165, 1.54) is 11.3 Å². The average Bonchev–Trinajstić information content (AvgIpc) is 3.45. The summed E-state index contributed by atoms with van der Waals surface area (Å²) in [6.07, 6.45) is 3.03. The van der Waals surface area contributed by atoms with Crippen LogP contribution in [0.2, 0.25) is 0 Å². The maximum absolute atomic E-state index is 13.3. The molecule has 0 aliphatic carbocycles. The molecule has 0 saturated carbocycles. The van der Waals surface area contributed by atoms with Crippen molar-refractivity contribution in [1.29, 1.82) is 0 Å². The SMILES string of the molecule is O=C(NC(Cc1c[nH]c2ccccc12)C(=O)Nc1ccc2c(c1)OCCCO2)c1cccs1. The normalized spacial score (nSPS) is 13.8. The number of ether oxygens (including phenoxy) is 2. The molecule has 3 N–H and O–H groups in total. The summed E-state index contributed by atoms with van der Waals surface area (Å²) >= 11 is 1.34. The number of aromatic nitrogens is 1. The molecule has 1 unspecified atom stereocenters. The van der Waals surface area contributed by atoms with Gasteiger partial charge in [0.1, 0.15) is 6.04 Å². The maximum Gasteiger partial charge on any atom is 0.262 e. The van der Waals surface area contributed by atoms with E-state index in [0.29, 0.717) is 41.7 Å². The molecule has 2 amide bonds. The van der Waals surface area contributed by atoms with Gasteiger partial charge < -0.3 is 25.1 Å². The molecule has 5 rings (SSSR count). The zero-order valence-electron chi connectivity index (χ0n) is 17.8. The van der Waals surface area contributed by atoms with Crippen LogP contribution in [0.4, 0.5) is 5.69 Å². The second kappa shape index (κ2) is 9.38. The third kappa shape index (κ3) is 4.70. The van der Waals surface area contributed by atoms with E-state index in [2.05, 4.69) is 15.6 Å². The minimum Gasteiger partial charge on any atom is -0.490 e. The molecule has 0 spiro atoms. The monoisotopic (exact) mass is 461 g/mol. The first-order chi connectivity index (χ1) is 16.2. The average molecular weight is 462 g/mol. The molecular formula is C25H23N3O4S. The molecule has 1 aliphatic rings. The number of amides is 2. The van der Waals surface area contributed by atoms with Crippen LogP contribution in [0.15, 0.2) is 66.2 Å². The van der Waals surface area contributed by atoms with E-state index in [1.807, 2.05) is 41.9 Å². The Balaban J connectivity index is 1.39. The highest BCUT2D eigenvalue weighted by molar-refractivity contribution is 7.12. The van der Waals surface area contributed by atoms with Crippen molar-refractivity contribution in [2.24, 2.45) is 0 Å². The van der Waals surface area contributed by atoms with Crippen LogP contribution in [0, 0.1) is 0 Å². The first-order valence-corrected chi connectivity index (χ1v) is 11.7. The molecule has 3 heterocycles. The number of thiophene rings is 1. The molecule has 2 aromatic heterocycles. The summed E-state index contributed by atoms with van der Waals surface area (Å²) in [5, 5.41) is 8.69. The molecule has 2 aromatic carbocycles. The number of H-pyrrole nitrogens is 1. The lowest BCUT2D eigenvalue weighted by molar-refractivity contribution is -0.118. The van der Waals surface area contributed by atoms with Gasteiger partial charge in [0.15, 0.2) is 11.5 Å². The molecule has 0 saturated heterocycles. The third-order valence-corrected chi connectivity index (χ3v) is 6.35. The number of aromatic amines is 1. The summed E-state index contributed by atoms with van der Waals surface area (Å²) in [5.74, 6) is 0.677. The van der Waals surface area contributed by atoms with E-state index in [1.54, 1.807) is 24.3 Å². The fourth-order valence-electron chi connectivity index (χ4n) is 3.84. The number of benzene rings is 2. The molecule has 33 heavy (non-hydrogen) atoms. The molecule has 1 aliphatic heterocycles. The van der Waals surface area contributed by atoms with E-state index in [0.717, 1.165) is 22.9 Å². The Morgan fingerprint density at radius 2 is 1.88 bits per heavy atom. The molecule has 0 bridgehead atoms. The zero-order chi connectivity index (χ0) is 22.6. The van der Waals surface area contributed by atoms with Gasteiger partial charge in [-0.15, -0.1) is 11.3 Å². The minimum absolute atomic E-state index is 0.274. The van der Waals surface area contributed by atoms with E-state index in [4.69, 9.17) is 9.47 Å². The molecule has 0 radical (unpaired) electrons. The number of para-hydroxylation sites is 1. The molecular weight excluding hydrogens is 438 g/mol. The maximum atomic E-state index is 13.3. The first-order valence-electron chi connectivity index (χ1n) is 10.8. The lowest BCUT2D eigenvalue weighted by Crippen LogP contribution is -2.45. The Morgan fingerprint density at radius 3 is 2.73 bits per heavy atom. The highest BCUT2D eigenvalue weighted by Crippen LogP contribution is 2.32. The van der Waals surface area contributed by atoms with Gasteiger partial charge in [0.05, 0.1) is 18.1 Å². The number of hydrogen-bond donors (Lipinski definition) is 3. The molecule has 7 nitrogen and oxygen atoms in total. The van der Waals surface area contributed by atoms with Crippen LogP contribution in [0.25, 0.3) is 10.9 Å². The fourth-order valence-corrected chi connectivity index (χ4v) is 4.46. The standard InChI is InChI=1S/C25H23N3O4S/c29-24(27-17-8-9-21-22(14-17)32-11-4-10-31-21)20(28-25(30)23-7-3-12-33-23)13-16-15-26-19-6-2-1-5-18(16)19/h1-3,5-9,12,14-15,20,26H,4,10-11,13H2,(H,27,29)(H,28,30). The zero-order valence-corrected chi connectivity index (χ0v) is 18.6. The highest BCUT2D eigenvalue weighted by Gasteiger charge is 2.24. The number of anilines is 1. The largest absolute Gasteiger partial charge is 0.490 e. The lowest BCUT2D eigenvalue weighted by atomic mass is 10.0. The van der Waals surface area contributed by atoms with Crippen LogP contribution in [0.5, 0.6) is 11.5 Å². The highest BCUT2D eigenvalue weighted by atomic mass is 32.1. The fraction of sp³-hybridized carbons (Fsp3) is 0.200. The number of carbonyl (C=O) groups excluding carboxylic acids is 2. The number of rotatable bonds is 6. The Morgan fingerprint density at radius 1 is 1.03 bits per heavy atom. The van der Waals surface area contributed by atoms with Crippen molar-refractivity contribution >= 4 is 39.7 Å². The van der Waals surface area contributed by atoms with Gasteiger partial charge in [0, 0.05) is 41.7 Å². The number of nitrogens with one attached hydrogen (secondary N) is 3.